The zero-order chi connectivity index (χ0) is 17.4. The van der Waals surface area contributed by atoms with Gasteiger partial charge in [-0.1, -0.05) is 17.7 Å². The highest BCUT2D eigenvalue weighted by Gasteiger charge is 2.24. The quantitative estimate of drug-likeness (QED) is 0.755. The van der Waals surface area contributed by atoms with Gasteiger partial charge in [-0.3, -0.25) is 4.79 Å². The summed E-state index contributed by atoms with van der Waals surface area (Å²) >= 11 is 6.05. The van der Waals surface area contributed by atoms with Crippen molar-refractivity contribution >= 4 is 34.1 Å². The molecule has 128 valence electrons. The number of rotatable bonds is 2. The molecule has 0 radical (unpaired) electrons. The lowest BCUT2D eigenvalue weighted by Gasteiger charge is -2.36. The molecule has 0 atom stereocenters. The van der Waals surface area contributed by atoms with Crippen molar-refractivity contribution in [3.05, 3.63) is 65.1 Å². The normalized spacial score (nSPS) is 15.0. The topological polar surface area (TPSA) is 39.3 Å². The number of nitrogens with one attached hydrogen (secondary N) is 1. The molecule has 2 heterocycles. The van der Waals surface area contributed by atoms with E-state index in [1.807, 2.05) is 29.2 Å². The minimum atomic E-state index is -0.341. The number of piperazine rings is 1. The SMILES string of the molecule is O=C(c1c[nH]c2ccc(F)cc12)N1CCN(c2cccc(Cl)c2)CC1. The van der Waals surface area contributed by atoms with Gasteiger partial charge in [0, 0.05) is 54.0 Å². The Labute approximate surface area is 149 Å². The second kappa shape index (κ2) is 6.41. The van der Waals surface area contributed by atoms with Crippen LogP contribution >= 0.6 is 11.6 Å². The summed E-state index contributed by atoms with van der Waals surface area (Å²) in [6.45, 7) is 2.71. The van der Waals surface area contributed by atoms with Crippen molar-refractivity contribution in [3.63, 3.8) is 0 Å². The van der Waals surface area contributed by atoms with E-state index >= 15 is 0 Å². The molecular weight excluding hydrogens is 341 g/mol. The Bertz CT molecular complexity index is 931. The van der Waals surface area contributed by atoms with Gasteiger partial charge in [0.25, 0.3) is 5.91 Å². The monoisotopic (exact) mass is 357 g/mol. The standard InChI is InChI=1S/C19H17ClFN3O/c20-13-2-1-3-15(10-13)23-6-8-24(9-7-23)19(25)17-12-22-18-5-4-14(21)11-16(17)18/h1-5,10-12,22H,6-9H2. The Balaban J connectivity index is 1.50. The maximum absolute atomic E-state index is 13.5. The molecule has 2 aromatic carbocycles. The number of halogens is 2. The first-order valence-electron chi connectivity index (χ1n) is 8.18. The maximum Gasteiger partial charge on any atom is 0.256 e. The Morgan fingerprint density at radius 2 is 1.88 bits per heavy atom. The number of anilines is 1. The van der Waals surface area contributed by atoms with Gasteiger partial charge in [0.05, 0.1) is 5.56 Å². The van der Waals surface area contributed by atoms with Crippen LogP contribution in [-0.4, -0.2) is 42.0 Å². The van der Waals surface area contributed by atoms with Crippen molar-refractivity contribution in [2.24, 2.45) is 0 Å². The van der Waals surface area contributed by atoms with Gasteiger partial charge in [-0.2, -0.15) is 0 Å². The van der Waals surface area contributed by atoms with Gasteiger partial charge >= 0.3 is 0 Å². The van der Waals surface area contributed by atoms with Crippen LogP contribution in [0.15, 0.2) is 48.7 Å². The summed E-state index contributed by atoms with van der Waals surface area (Å²) in [5.74, 6) is -0.408. The first kappa shape index (κ1) is 16.0. The molecule has 1 N–H and O–H groups in total. The largest absolute Gasteiger partial charge is 0.368 e. The number of carbonyl (C=O) groups excluding carboxylic acids is 1. The fraction of sp³-hybridized carbons (Fsp3) is 0.211. The molecule has 1 fully saturated rings. The van der Waals surface area contributed by atoms with Gasteiger partial charge in [0.15, 0.2) is 0 Å². The lowest BCUT2D eigenvalue weighted by atomic mass is 10.1. The molecule has 4 rings (SSSR count). The Kier molecular flexibility index (Phi) is 4.09. The van der Waals surface area contributed by atoms with Crippen LogP contribution in [0.1, 0.15) is 10.4 Å². The average Bonchev–Trinajstić information content (AvgIpc) is 3.04. The van der Waals surface area contributed by atoms with E-state index in [1.54, 1.807) is 12.3 Å². The van der Waals surface area contributed by atoms with Crippen LogP contribution < -0.4 is 4.90 Å². The Morgan fingerprint density at radius 1 is 1.08 bits per heavy atom. The minimum Gasteiger partial charge on any atom is -0.368 e. The molecule has 3 aromatic rings. The number of hydrogen-bond acceptors (Lipinski definition) is 2. The number of amides is 1. The van der Waals surface area contributed by atoms with Crippen LogP contribution in [-0.2, 0) is 0 Å². The lowest BCUT2D eigenvalue weighted by molar-refractivity contribution is 0.0749. The highest BCUT2D eigenvalue weighted by Crippen LogP contribution is 2.24. The van der Waals surface area contributed by atoms with Crippen molar-refractivity contribution in [1.29, 1.82) is 0 Å². The Hall–Kier alpha value is -2.53. The number of aromatic nitrogens is 1. The van der Waals surface area contributed by atoms with Crippen LogP contribution in [0.5, 0.6) is 0 Å². The number of benzene rings is 2. The summed E-state index contributed by atoms with van der Waals surface area (Å²) in [5, 5.41) is 1.33. The third kappa shape index (κ3) is 3.07. The molecule has 1 aliphatic rings. The van der Waals surface area contributed by atoms with Gasteiger partial charge < -0.3 is 14.8 Å². The first-order chi connectivity index (χ1) is 12.1. The maximum atomic E-state index is 13.5. The highest BCUT2D eigenvalue weighted by atomic mass is 35.5. The van der Waals surface area contributed by atoms with E-state index in [-0.39, 0.29) is 11.7 Å². The molecule has 0 saturated carbocycles. The smallest absolute Gasteiger partial charge is 0.256 e. The van der Waals surface area contributed by atoms with Crippen LogP contribution in [0.25, 0.3) is 10.9 Å². The number of aromatic amines is 1. The van der Waals surface area contributed by atoms with E-state index in [0.717, 1.165) is 24.3 Å². The lowest BCUT2D eigenvalue weighted by Crippen LogP contribution is -2.48. The van der Waals surface area contributed by atoms with Crippen molar-refractivity contribution in [2.45, 2.75) is 0 Å². The molecule has 0 bridgehead atoms. The number of carbonyl (C=O) groups is 1. The van der Waals surface area contributed by atoms with Crippen LogP contribution in [0, 0.1) is 5.82 Å². The highest BCUT2D eigenvalue weighted by molar-refractivity contribution is 6.30. The van der Waals surface area contributed by atoms with E-state index in [2.05, 4.69) is 9.88 Å². The van der Waals surface area contributed by atoms with E-state index in [9.17, 15) is 9.18 Å². The van der Waals surface area contributed by atoms with Crippen molar-refractivity contribution in [1.82, 2.24) is 9.88 Å². The van der Waals surface area contributed by atoms with Gasteiger partial charge in [-0.05, 0) is 36.4 Å². The third-order valence-corrected chi connectivity index (χ3v) is 4.85. The fourth-order valence-electron chi connectivity index (χ4n) is 3.28. The van der Waals surface area contributed by atoms with E-state index < -0.39 is 0 Å². The van der Waals surface area contributed by atoms with E-state index in [0.29, 0.717) is 29.1 Å². The number of H-pyrrole nitrogens is 1. The second-order valence-electron chi connectivity index (χ2n) is 6.15. The summed E-state index contributed by atoms with van der Waals surface area (Å²) in [7, 11) is 0. The molecular formula is C19H17ClFN3O. The Morgan fingerprint density at radius 3 is 2.64 bits per heavy atom. The van der Waals surface area contributed by atoms with Crippen molar-refractivity contribution in [2.75, 3.05) is 31.1 Å². The molecule has 1 saturated heterocycles. The molecule has 4 nitrogen and oxygen atoms in total. The van der Waals surface area contributed by atoms with Crippen molar-refractivity contribution in [3.8, 4) is 0 Å². The summed E-state index contributed by atoms with van der Waals surface area (Å²) in [6, 6.07) is 12.2. The predicted molar refractivity (Wildman–Crippen MR) is 97.8 cm³/mol. The third-order valence-electron chi connectivity index (χ3n) is 4.61. The van der Waals surface area contributed by atoms with Gasteiger partial charge in [0.2, 0.25) is 0 Å². The number of hydrogen-bond donors (Lipinski definition) is 1. The molecule has 1 aromatic heterocycles. The van der Waals surface area contributed by atoms with Crippen LogP contribution in [0.4, 0.5) is 10.1 Å². The molecule has 6 heteroatoms. The van der Waals surface area contributed by atoms with Gasteiger partial charge in [0.1, 0.15) is 5.82 Å². The first-order valence-corrected chi connectivity index (χ1v) is 8.56. The fourth-order valence-corrected chi connectivity index (χ4v) is 3.47. The molecule has 25 heavy (non-hydrogen) atoms. The summed E-state index contributed by atoms with van der Waals surface area (Å²) in [4.78, 5) is 19.9. The second-order valence-corrected chi connectivity index (χ2v) is 6.59. The molecule has 1 aliphatic heterocycles. The molecule has 1 amide bonds. The summed E-state index contributed by atoms with van der Waals surface area (Å²) in [5.41, 5.74) is 2.35. The number of nitrogens with zero attached hydrogens (tertiary/aromatic N) is 2. The molecule has 0 aliphatic carbocycles. The van der Waals surface area contributed by atoms with Crippen LogP contribution in [0.2, 0.25) is 5.02 Å². The zero-order valence-electron chi connectivity index (χ0n) is 13.5. The number of fused-ring (bicyclic) bond motifs is 1. The minimum absolute atomic E-state index is 0.0670. The summed E-state index contributed by atoms with van der Waals surface area (Å²) < 4.78 is 13.5. The predicted octanol–water partition coefficient (Wildman–Crippen LogP) is 3.92. The van der Waals surface area contributed by atoms with Crippen LogP contribution in [0.3, 0.4) is 0 Å². The summed E-state index contributed by atoms with van der Waals surface area (Å²) in [6.07, 6.45) is 1.66. The van der Waals surface area contributed by atoms with Crippen molar-refractivity contribution < 1.29 is 9.18 Å². The zero-order valence-corrected chi connectivity index (χ0v) is 14.3. The van der Waals surface area contributed by atoms with Gasteiger partial charge in [-0.25, -0.2) is 4.39 Å². The average molecular weight is 358 g/mol. The molecule has 0 spiro atoms. The van der Waals surface area contributed by atoms with E-state index in [4.69, 9.17) is 11.6 Å². The van der Waals surface area contributed by atoms with E-state index in [1.165, 1.54) is 12.1 Å². The molecule has 0 unspecified atom stereocenters. The van der Waals surface area contributed by atoms with Gasteiger partial charge in [-0.15, -0.1) is 0 Å².